The van der Waals surface area contributed by atoms with Gasteiger partial charge >= 0.3 is 0 Å². The molecule has 0 saturated heterocycles. The summed E-state index contributed by atoms with van der Waals surface area (Å²) >= 11 is 0. The van der Waals surface area contributed by atoms with Gasteiger partial charge in [0.05, 0.1) is 25.4 Å². The largest absolute Gasteiger partial charge is 0.486 e. The number of aliphatic hydroxyl groups is 1. The predicted molar refractivity (Wildman–Crippen MR) is 177 cm³/mol. The van der Waals surface area contributed by atoms with Gasteiger partial charge in [0.15, 0.2) is 11.6 Å². The highest BCUT2D eigenvalue weighted by Gasteiger charge is 2.34. The van der Waals surface area contributed by atoms with Crippen molar-refractivity contribution in [3.05, 3.63) is 173 Å². The van der Waals surface area contributed by atoms with Gasteiger partial charge in [-0.3, -0.25) is 4.90 Å². The normalized spacial score (nSPS) is 13.3. The molecular formula is C39H41FN2O3. The van der Waals surface area contributed by atoms with Gasteiger partial charge in [-0.2, -0.15) is 0 Å². The summed E-state index contributed by atoms with van der Waals surface area (Å²) in [5, 5.41) is 10.3. The molecule has 5 nitrogen and oxygen atoms in total. The SMILES string of the molecule is N[C@H](CO)[C@H](OCc1ccccc1)[C@H](Cc1cccc(OCc2ccccc2)c1F)N(Cc1ccccc1)Cc1ccccc1. The third kappa shape index (κ3) is 9.33. The van der Waals surface area contributed by atoms with Crippen molar-refractivity contribution in [2.24, 2.45) is 5.73 Å². The molecule has 5 aromatic rings. The van der Waals surface area contributed by atoms with Crippen LogP contribution in [0.15, 0.2) is 140 Å². The molecule has 3 atom stereocenters. The van der Waals surface area contributed by atoms with Gasteiger partial charge in [-0.15, -0.1) is 0 Å². The number of hydrogen-bond donors (Lipinski definition) is 2. The number of benzene rings is 5. The highest BCUT2D eigenvalue weighted by atomic mass is 19.1. The molecule has 6 heteroatoms. The zero-order valence-electron chi connectivity index (χ0n) is 25.4. The van der Waals surface area contributed by atoms with Crippen LogP contribution in [0.3, 0.4) is 0 Å². The second-order valence-electron chi connectivity index (χ2n) is 11.3. The lowest BCUT2D eigenvalue weighted by Crippen LogP contribution is -2.54. The first-order chi connectivity index (χ1) is 22.1. The molecule has 0 unspecified atom stereocenters. The molecule has 3 N–H and O–H groups in total. The van der Waals surface area contributed by atoms with E-state index in [1.807, 2.05) is 103 Å². The zero-order chi connectivity index (χ0) is 31.3. The van der Waals surface area contributed by atoms with Crippen LogP contribution in [-0.4, -0.2) is 34.8 Å². The summed E-state index contributed by atoms with van der Waals surface area (Å²) in [5.74, 6) is -0.210. The highest BCUT2D eigenvalue weighted by molar-refractivity contribution is 5.33. The molecule has 0 spiro atoms. The Morgan fingerprint density at radius 3 is 1.62 bits per heavy atom. The molecule has 0 aliphatic carbocycles. The molecule has 0 saturated carbocycles. The van der Waals surface area contributed by atoms with E-state index in [4.69, 9.17) is 15.2 Å². The van der Waals surface area contributed by atoms with Crippen molar-refractivity contribution in [3.8, 4) is 5.75 Å². The first-order valence-electron chi connectivity index (χ1n) is 15.4. The van der Waals surface area contributed by atoms with Crippen molar-refractivity contribution < 1.29 is 19.0 Å². The molecule has 0 bridgehead atoms. The zero-order valence-corrected chi connectivity index (χ0v) is 25.4. The Balaban J connectivity index is 1.51. The summed E-state index contributed by atoms with van der Waals surface area (Å²) in [6.45, 7) is 1.45. The molecule has 45 heavy (non-hydrogen) atoms. The van der Waals surface area contributed by atoms with Crippen LogP contribution in [0, 0.1) is 5.82 Å². The number of nitrogens with zero attached hydrogens (tertiary/aromatic N) is 1. The molecular weight excluding hydrogens is 563 g/mol. The molecule has 0 aromatic heterocycles. The maximum atomic E-state index is 16.2. The fourth-order valence-corrected chi connectivity index (χ4v) is 5.56. The molecule has 0 radical (unpaired) electrons. The summed E-state index contributed by atoms with van der Waals surface area (Å²) in [7, 11) is 0. The Morgan fingerprint density at radius 2 is 1.11 bits per heavy atom. The van der Waals surface area contributed by atoms with E-state index in [1.54, 1.807) is 12.1 Å². The summed E-state index contributed by atoms with van der Waals surface area (Å²) in [4.78, 5) is 2.28. The molecule has 0 heterocycles. The second kappa shape index (κ2) is 16.7. The van der Waals surface area contributed by atoms with Gasteiger partial charge in [0.25, 0.3) is 0 Å². The van der Waals surface area contributed by atoms with Crippen LogP contribution >= 0.6 is 0 Å². The van der Waals surface area contributed by atoms with E-state index >= 15 is 4.39 Å². The smallest absolute Gasteiger partial charge is 0.168 e. The summed E-state index contributed by atoms with van der Waals surface area (Å²) in [6, 6.07) is 44.1. The van der Waals surface area contributed by atoms with Crippen molar-refractivity contribution in [1.82, 2.24) is 4.90 Å². The Morgan fingerprint density at radius 1 is 0.622 bits per heavy atom. The lowest BCUT2D eigenvalue weighted by molar-refractivity contribution is -0.0511. The van der Waals surface area contributed by atoms with E-state index in [0.717, 1.165) is 22.3 Å². The molecule has 5 rings (SSSR count). The van der Waals surface area contributed by atoms with E-state index in [9.17, 15) is 5.11 Å². The topological polar surface area (TPSA) is 68.0 Å². The Kier molecular flexibility index (Phi) is 11.9. The summed E-state index contributed by atoms with van der Waals surface area (Å²) in [6.07, 6.45) is -0.322. The number of ether oxygens (including phenoxy) is 2. The van der Waals surface area contributed by atoms with E-state index < -0.39 is 24.0 Å². The summed E-state index contributed by atoms with van der Waals surface area (Å²) in [5.41, 5.74) is 11.3. The van der Waals surface area contributed by atoms with Crippen molar-refractivity contribution in [3.63, 3.8) is 0 Å². The predicted octanol–water partition coefficient (Wildman–Crippen LogP) is 6.92. The number of nitrogens with two attached hydrogens (primary N) is 1. The lowest BCUT2D eigenvalue weighted by Gasteiger charge is -2.39. The quantitative estimate of drug-likeness (QED) is 0.128. The molecule has 5 aromatic carbocycles. The van der Waals surface area contributed by atoms with Crippen molar-refractivity contribution >= 4 is 0 Å². The standard InChI is InChI=1S/C39H41FN2O3/c40-38-34(22-13-23-37(38)44-28-32-18-9-3-10-19-32)24-36(39(35(41)27-43)45-29-33-20-11-4-12-21-33)42(25-30-14-5-1-6-15-30)26-31-16-7-2-8-17-31/h1-23,35-36,39,43H,24-29,41H2/t35-,36+,39+/m1/s1. The van der Waals surface area contributed by atoms with Crippen molar-refractivity contribution in [2.45, 2.75) is 50.9 Å². The minimum absolute atomic E-state index is 0.195. The van der Waals surface area contributed by atoms with Crippen LogP contribution in [0.1, 0.15) is 27.8 Å². The Labute approximate surface area is 265 Å². The van der Waals surface area contributed by atoms with Crippen LogP contribution in [0.5, 0.6) is 5.75 Å². The third-order valence-corrected chi connectivity index (χ3v) is 7.93. The van der Waals surface area contributed by atoms with Crippen molar-refractivity contribution in [2.75, 3.05) is 6.61 Å². The number of aliphatic hydroxyl groups excluding tert-OH is 1. The van der Waals surface area contributed by atoms with Gasteiger partial charge in [-0.05, 0) is 40.3 Å². The lowest BCUT2D eigenvalue weighted by atomic mass is 9.93. The average Bonchev–Trinajstić information content (AvgIpc) is 3.09. The fraction of sp³-hybridized carbons (Fsp3) is 0.231. The first-order valence-corrected chi connectivity index (χ1v) is 15.4. The van der Waals surface area contributed by atoms with Crippen LogP contribution < -0.4 is 10.5 Å². The van der Waals surface area contributed by atoms with Gasteiger partial charge in [-0.25, -0.2) is 4.39 Å². The van der Waals surface area contributed by atoms with Gasteiger partial charge in [-0.1, -0.05) is 133 Å². The highest BCUT2D eigenvalue weighted by Crippen LogP contribution is 2.28. The maximum absolute atomic E-state index is 16.2. The van der Waals surface area contributed by atoms with Crippen LogP contribution in [-0.2, 0) is 37.5 Å². The minimum atomic E-state index is -0.701. The maximum Gasteiger partial charge on any atom is 0.168 e. The molecule has 232 valence electrons. The van der Waals surface area contributed by atoms with E-state index in [-0.39, 0.29) is 19.0 Å². The molecule has 0 amide bonds. The fourth-order valence-electron chi connectivity index (χ4n) is 5.56. The third-order valence-electron chi connectivity index (χ3n) is 7.93. The minimum Gasteiger partial charge on any atom is -0.486 e. The molecule has 0 aliphatic rings. The number of halogens is 1. The average molecular weight is 605 g/mol. The first kappa shape index (κ1) is 32.1. The Hall–Kier alpha value is -4.33. The van der Waals surface area contributed by atoms with Gasteiger partial charge in [0, 0.05) is 19.1 Å². The summed E-state index contributed by atoms with van der Waals surface area (Å²) < 4.78 is 28.7. The monoisotopic (exact) mass is 604 g/mol. The Bertz CT molecular complexity index is 1510. The molecule has 0 aliphatic heterocycles. The van der Waals surface area contributed by atoms with E-state index in [0.29, 0.717) is 31.7 Å². The number of rotatable bonds is 16. The van der Waals surface area contributed by atoms with Gasteiger partial charge in [0.2, 0.25) is 0 Å². The van der Waals surface area contributed by atoms with E-state index in [2.05, 4.69) is 29.2 Å². The second-order valence-corrected chi connectivity index (χ2v) is 11.3. The van der Waals surface area contributed by atoms with Gasteiger partial charge in [0.1, 0.15) is 6.61 Å². The van der Waals surface area contributed by atoms with Gasteiger partial charge < -0.3 is 20.3 Å². The van der Waals surface area contributed by atoms with E-state index in [1.165, 1.54) is 0 Å². The van der Waals surface area contributed by atoms with Crippen LogP contribution in [0.25, 0.3) is 0 Å². The van der Waals surface area contributed by atoms with Crippen LogP contribution in [0.2, 0.25) is 0 Å². The van der Waals surface area contributed by atoms with Crippen LogP contribution in [0.4, 0.5) is 4.39 Å². The van der Waals surface area contributed by atoms with Crippen molar-refractivity contribution in [1.29, 1.82) is 0 Å². The molecule has 0 fully saturated rings. The number of hydrogen-bond acceptors (Lipinski definition) is 5.